The van der Waals surface area contributed by atoms with E-state index in [0.29, 0.717) is 37.1 Å². The number of rotatable bonds is 4. The summed E-state index contributed by atoms with van der Waals surface area (Å²) in [4.78, 5) is 17.1. The highest BCUT2D eigenvalue weighted by atomic mass is 16.5. The number of ether oxygens (including phenoxy) is 1. The van der Waals surface area contributed by atoms with Crippen LogP contribution in [0.1, 0.15) is 47.5 Å². The van der Waals surface area contributed by atoms with Gasteiger partial charge in [-0.1, -0.05) is 11.6 Å². The number of aryl methyl sites for hydroxylation is 1. The van der Waals surface area contributed by atoms with Crippen LogP contribution in [0.4, 0.5) is 0 Å². The summed E-state index contributed by atoms with van der Waals surface area (Å²) in [7, 11) is 0. The SMILES string of the molecule is Cc1cnn(Cc2cc(C(=O)N3CC4(CC(N5CCCCC5)CO4)C3)no2)c1. The van der Waals surface area contributed by atoms with Crippen molar-refractivity contribution in [1.82, 2.24) is 24.7 Å². The van der Waals surface area contributed by atoms with Gasteiger partial charge in [0, 0.05) is 18.3 Å². The van der Waals surface area contributed by atoms with Crippen LogP contribution >= 0.6 is 0 Å². The summed E-state index contributed by atoms with van der Waals surface area (Å²) < 4.78 is 13.3. The molecule has 5 heterocycles. The van der Waals surface area contributed by atoms with Crippen LogP contribution in [0.3, 0.4) is 0 Å². The number of nitrogens with zero attached hydrogens (tertiary/aromatic N) is 5. The van der Waals surface area contributed by atoms with Crippen LogP contribution < -0.4 is 0 Å². The number of hydrogen-bond donors (Lipinski definition) is 0. The number of likely N-dealkylation sites (tertiary alicyclic amines) is 2. The molecule has 28 heavy (non-hydrogen) atoms. The molecule has 0 N–H and O–H groups in total. The normalized spacial score (nSPS) is 24.6. The van der Waals surface area contributed by atoms with Crippen LogP contribution in [-0.4, -0.2) is 75.1 Å². The fourth-order valence-corrected chi connectivity index (χ4v) is 4.71. The Morgan fingerprint density at radius 3 is 2.86 bits per heavy atom. The average molecular weight is 385 g/mol. The highest BCUT2D eigenvalue weighted by Gasteiger charge is 2.52. The van der Waals surface area contributed by atoms with Crippen LogP contribution in [0.5, 0.6) is 0 Å². The molecule has 5 rings (SSSR count). The second-order valence-corrected chi connectivity index (χ2v) is 8.50. The lowest BCUT2D eigenvalue weighted by Gasteiger charge is -2.47. The van der Waals surface area contributed by atoms with Crippen molar-refractivity contribution < 1.29 is 14.1 Å². The highest BCUT2D eigenvalue weighted by Crippen LogP contribution is 2.38. The first kappa shape index (κ1) is 17.9. The second-order valence-electron chi connectivity index (χ2n) is 8.50. The third-order valence-electron chi connectivity index (χ3n) is 6.20. The summed E-state index contributed by atoms with van der Waals surface area (Å²) in [5.41, 5.74) is 1.29. The third kappa shape index (κ3) is 3.35. The molecule has 3 aliphatic rings. The minimum absolute atomic E-state index is 0.0812. The van der Waals surface area contributed by atoms with E-state index in [9.17, 15) is 4.79 Å². The largest absolute Gasteiger partial charge is 0.370 e. The molecule has 1 amide bonds. The molecule has 1 unspecified atom stereocenters. The van der Waals surface area contributed by atoms with Crippen molar-refractivity contribution in [3.05, 3.63) is 35.5 Å². The van der Waals surface area contributed by atoms with Gasteiger partial charge in [-0.05, 0) is 44.8 Å². The van der Waals surface area contributed by atoms with Gasteiger partial charge in [0.25, 0.3) is 5.91 Å². The van der Waals surface area contributed by atoms with Gasteiger partial charge in [-0.25, -0.2) is 0 Å². The minimum atomic E-state index is -0.156. The van der Waals surface area contributed by atoms with E-state index in [4.69, 9.17) is 9.26 Å². The molecule has 0 saturated carbocycles. The smallest absolute Gasteiger partial charge is 0.276 e. The molecule has 2 aromatic rings. The first-order valence-electron chi connectivity index (χ1n) is 10.2. The van der Waals surface area contributed by atoms with Gasteiger partial charge in [0.2, 0.25) is 0 Å². The maximum absolute atomic E-state index is 12.7. The number of hydrogen-bond acceptors (Lipinski definition) is 6. The van der Waals surface area contributed by atoms with Crippen molar-refractivity contribution in [2.45, 2.75) is 50.8 Å². The molecule has 0 aliphatic carbocycles. The summed E-state index contributed by atoms with van der Waals surface area (Å²) in [6, 6.07) is 2.23. The van der Waals surface area contributed by atoms with Gasteiger partial charge >= 0.3 is 0 Å². The van der Waals surface area contributed by atoms with Crippen LogP contribution in [0.15, 0.2) is 23.0 Å². The van der Waals surface area contributed by atoms with E-state index in [2.05, 4.69) is 15.2 Å². The Bertz CT molecular complexity index is 848. The lowest BCUT2D eigenvalue weighted by Crippen LogP contribution is -2.63. The molecule has 3 saturated heterocycles. The fraction of sp³-hybridized carbons (Fsp3) is 0.650. The Morgan fingerprint density at radius 2 is 2.11 bits per heavy atom. The van der Waals surface area contributed by atoms with Crippen molar-refractivity contribution in [2.24, 2.45) is 0 Å². The second kappa shape index (κ2) is 7.00. The van der Waals surface area contributed by atoms with Gasteiger partial charge in [0.15, 0.2) is 11.5 Å². The predicted octanol–water partition coefficient (Wildman–Crippen LogP) is 1.70. The van der Waals surface area contributed by atoms with Gasteiger partial charge in [-0.2, -0.15) is 5.10 Å². The standard InChI is InChI=1S/C20H27N5O3/c1-15-9-21-25(10-15)11-17-7-18(22-28-17)19(26)24-13-20(14-24)8-16(12-27-20)23-5-3-2-4-6-23/h7,9-10,16H,2-6,8,11-14H2,1H3. The number of carbonyl (C=O) groups excluding carboxylic acids is 1. The van der Waals surface area contributed by atoms with Crippen molar-refractivity contribution >= 4 is 5.91 Å². The van der Waals surface area contributed by atoms with E-state index >= 15 is 0 Å². The van der Waals surface area contributed by atoms with Gasteiger partial charge in [0.1, 0.15) is 12.1 Å². The third-order valence-corrected chi connectivity index (χ3v) is 6.20. The Morgan fingerprint density at radius 1 is 1.29 bits per heavy atom. The summed E-state index contributed by atoms with van der Waals surface area (Å²) >= 11 is 0. The number of carbonyl (C=O) groups is 1. The van der Waals surface area contributed by atoms with E-state index in [1.807, 2.05) is 18.0 Å². The van der Waals surface area contributed by atoms with Crippen LogP contribution in [0, 0.1) is 6.92 Å². The Hall–Kier alpha value is -2.19. The first-order chi connectivity index (χ1) is 13.6. The maximum atomic E-state index is 12.7. The molecule has 0 aromatic carbocycles. The quantitative estimate of drug-likeness (QED) is 0.797. The molecule has 1 atom stereocenters. The van der Waals surface area contributed by atoms with Gasteiger partial charge < -0.3 is 14.2 Å². The molecule has 3 aliphatic heterocycles. The predicted molar refractivity (Wildman–Crippen MR) is 101 cm³/mol. The minimum Gasteiger partial charge on any atom is -0.370 e. The van der Waals surface area contributed by atoms with Crippen LogP contribution in [0.2, 0.25) is 0 Å². The number of piperidine rings is 1. The lowest BCUT2D eigenvalue weighted by molar-refractivity contribution is -0.0953. The molecule has 2 aromatic heterocycles. The Labute approximate surface area is 164 Å². The summed E-state index contributed by atoms with van der Waals surface area (Å²) in [5, 5.41) is 8.20. The average Bonchev–Trinajstić information content (AvgIpc) is 3.41. The molecule has 150 valence electrons. The van der Waals surface area contributed by atoms with Crippen molar-refractivity contribution in [3.63, 3.8) is 0 Å². The van der Waals surface area contributed by atoms with E-state index in [1.165, 1.54) is 32.4 Å². The zero-order chi connectivity index (χ0) is 19.1. The number of amides is 1. The molecule has 0 radical (unpaired) electrons. The molecule has 1 spiro atoms. The Balaban J connectivity index is 1.16. The molecular formula is C20H27N5O3. The van der Waals surface area contributed by atoms with Gasteiger partial charge in [-0.3, -0.25) is 14.4 Å². The van der Waals surface area contributed by atoms with E-state index in [-0.39, 0.29) is 11.5 Å². The summed E-state index contributed by atoms with van der Waals surface area (Å²) in [6.07, 6.45) is 8.68. The molecular weight excluding hydrogens is 358 g/mol. The monoisotopic (exact) mass is 385 g/mol. The van der Waals surface area contributed by atoms with Crippen molar-refractivity contribution in [3.8, 4) is 0 Å². The molecule has 8 nitrogen and oxygen atoms in total. The van der Waals surface area contributed by atoms with Gasteiger partial charge in [-0.15, -0.1) is 0 Å². The van der Waals surface area contributed by atoms with Crippen LogP contribution in [0.25, 0.3) is 0 Å². The topological polar surface area (TPSA) is 76.6 Å². The lowest BCUT2D eigenvalue weighted by atomic mass is 9.88. The summed E-state index contributed by atoms with van der Waals surface area (Å²) in [5.74, 6) is 0.547. The maximum Gasteiger partial charge on any atom is 0.276 e. The zero-order valence-electron chi connectivity index (χ0n) is 16.3. The van der Waals surface area contributed by atoms with E-state index in [1.54, 1.807) is 16.9 Å². The zero-order valence-corrected chi connectivity index (χ0v) is 16.3. The van der Waals surface area contributed by atoms with Crippen LogP contribution in [-0.2, 0) is 11.3 Å². The fourth-order valence-electron chi connectivity index (χ4n) is 4.71. The Kier molecular flexibility index (Phi) is 4.47. The summed E-state index contributed by atoms with van der Waals surface area (Å²) in [6.45, 7) is 6.92. The number of aromatic nitrogens is 3. The van der Waals surface area contributed by atoms with E-state index in [0.717, 1.165) is 18.6 Å². The van der Waals surface area contributed by atoms with Gasteiger partial charge in [0.05, 0.1) is 25.9 Å². The van der Waals surface area contributed by atoms with Crippen molar-refractivity contribution in [1.29, 1.82) is 0 Å². The molecule has 8 heteroatoms. The molecule has 3 fully saturated rings. The van der Waals surface area contributed by atoms with Crippen molar-refractivity contribution in [2.75, 3.05) is 32.8 Å². The van der Waals surface area contributed by atoms with E-state index < -0.39 is 0 Å². The molecule has 0 bridgehead atoms. The highest BCUT2D eigenvalue weighted by molar-refractivity contribution is 5.93. The first-order valence-corrected chi connectivity index (χ1v) is 10.2.